The van der Waals surface area contributed by atoms with E-state index in [1.807, 2.05) is 62.4 Å². The van der Waals surface area contributed by atoms with Gasteiger partial charge in [-0.15, -0.1) is 11.3 Å². The Morgan fingerprint density at radius 1 is 0.929 bits per heavy atom. The van der Waals surface area contributed by atoms with Gasteiger partial charge in [-0.1, -0.05) is 48.5 Å². The molecule has 2 heterocycles. The number of thiazole rings is 1. The van der Waals surface area contributed by atoms with E-state index in [1.54, 1.807) is 12.1 Å². The second-order valence-electron chi connectivity index (χ2n) is 6.50. The lowest BCUT2D eigenvalue weighted by molar-refractivity contribution is 0.582. The maximum atomic E-state index is 13.0. The molecule has 28 heavy (non-hydrogen) atoms. The Labute approximate surface area is 168 Å². The first-order valence-corrected chi connectivity index (χ1v) is 11.1. The van der Waals surface area contributed by atoms with Gasteiger partial charge in [0.2, 0.25) is 10.0 Å². The van der Waals surface area contributed by atoms with Crippen LogP contribution in [0.5, 0.6) is 0 Å². The Bertz CT molecular complexity index is 1250. The minimum atomic E-state index is -3.71. The van der Waals surface area contributed by atoms with E-state index in [0.717, 1.165) is 32.2 Å². The van der Waals surface area contributed by atoms with Gasteiger partial charge in [-0.2, -0.15) is 0 Å². The molecule has 0 aliphatic rings. The average Bonchev–Trinajstić information content (AvgIpc) is 3.07. The summed E-state index contributed by atoms with van der Waals surface area (Å²) in [5.74, 6) is 0. The van der Waals surface area contributed by atoms with E-state index in [2.05, 4.69) is 14.7 Å². The molecule has 0 spiro atoms. The monoisotopic (exact) mass is 409 g/mol. The molecule has 4 rings (SSSR count). The maximum absolute atomic E-state index is 13.0. The van der Waals surface area contributed by atoms with Crippen molar-refractivity contribution in [3.05, 3.63) is 76.9 Å². The zero-order valence-electron chi connectivity index (χ0n) is 15.5. The predicted molar refractivity (Wildman–Crippen MR) is 113 cm³/mol. The number of hydrogen-bond acceptors (Lipinski definition) is 5. The fraction of sp³-hybridized carbons (Fsp3) is 0.143. The number of nitrogens with zero attached hydrogens (tertiary/aromatic N) is 2. The summed E-state index contributed by atoms with van der Waals surface area (Å²) in [7, 11) is -3.71. The van der Waals surface area contributed by atoms with E-state index in [1.165, 1.54) is 11.3 Å². The Morgan fingerprint density at radius 3 is 2.50 bits per heavy atom. The third-order valence-corrected chi connectivity index (χ3v) is 7.09. The number of sulfonamides is 1. The van der Waals surface area contributed by atoms with Gasteiger partial charge in [0.1, 0.15) is 9.90 Å². The zero-order valence-corrected chi connectivity index (χ0v) is 17.1. The summed E-state index contributed by atoms with van der Waals surface area (Å²) in [4.78, 5) is 10.1. The van der Waals surface area contributed by atoms with Gasteiger partial charge in [0.25, 0.3) is 0 Å². The number of hydrogen-bond donors (Lipinski definition) is 1. The molecule has 0 aliphatic carbocycles. The number of benzene rings is 2. The van der Waals surface area contributed by atoms with E-state index >= 15 is 0 Å². The van der Waals surface area contributed by atoms with Gasteiger partial charge in [0.05, 0.1) is 11.2 Å². The van der Waals surface area contributed by atoms with Crippen LogP contribution in [0.3, 0.4) is 0 Å². The van der Waals surface area contributed by atoms with Gasteiger partial charge < -0.3 is 0 Å². The molecule has 7 heteroatoms. The molecule has 0 saturated carbocycles. The smallest absolute Gasteiger partial charge is 0.243 e. The number of aromatic nitrogens is 2. The van der Waals surface area contributed by atoms with Crippen molar-refractivity contribution in [3.63, 3.8) is 0 Å². The van der Waals surface area contributed by atoms with Crippen LogP contribution in [0.15, 0.2) is 65.6 Å². The van der Waals surface area contributed by atoms with Crippen molar-refractivity contribution >= 4 is 32.3 Å². The molecule has 0 radical (unpaired) electrons. The highest BCUT2D eigenvalue weighted by molar-refractivity contribution is 7.89. The van der Waals surface area contributed by atoms with E-state index in [-0.39, 0.29) is 11.4 Å². The standard InChI is InChI=1S/C21H19N3O2S2/c1-14-11-12-16-9-6-10-19(20(16)23-14)28(25,26)22-13-18-15(2)24-21(27-18)17-7-4-3-5-8-17/h3-12,22H,13H2,1-2H3. The summed E-state index contributed by atoms with van der Waals surface area (Å²) in [6.45, 7) is 3.94. The molecule has 0 aliphatic heterocycles. The summed E-state index contributed by atoms with van der Waals surface area (Å²) in [6, 6.07) is 18.8. The van der Waals surface area contributed by atoms with Gasteiger partial charge in [0.15, 0.2) is 0 Å². The summed E-state index contributed by atoms with van der Waals surface area (Å²) in [6.07, 6.45) is 0. The number of aryl methyl sites for hydroxylation is 2. The number of para-hydroxylation sites is 1. The number of rotatable bonds is 5. The molecule has 0 unspecified atom stereocenters. The minimum Gasteiger partial charge on any atom is -0.252 e. The second kappa shape index (κ2) is 7.43. The lowest BCUT2D eigenvalue weighted by atomic mass is 10.2. The van der Waals surface area contributed by atoms with Gasteiger partial charge in [0, 0.05) is 28.1 Å². The minimum absolute atomic E-state index is 0.194. The van der Waals surface area contributed by atoms with Crippen molar-refractivity contribution in [2.24, 2.45) is 0 Å². The van der Waals surface area contributed by atoms with Crippen LogP contribution < -0.4 is 4.72 Å². The quantitative estimate of drug-likeness (QED) is 0.528. The lowest BCUT2D eigenvalue weighted by Gasteiger charge is -2.09. The Hall–Kier alpha value is -2.61. The van der Waals surface area contributed by atoms with Crippen molar-refractivity contribution in [2.75, 3.05) is 0 Å². The third-order valence-electron chi connectivity index (χ3n) is 4.45. The number of fused-ring (bicyclic) bond motifs is 1. The fourth-order valence-corrected chi connectivity index (χ4v) is 5.23. The van der Waals surface area contributed by atoms with Crippen LogP contribution in [-0.4, -0.2) is 18.4 Å². The first-order chi connectivity index (χ1) is 13.4. The highest BCUT2D eigenvalue weighted by Gasteiger charge is 2.19. The average molecular weight is 410 g/mol. The summed E-state index contributed by atoms with van der Waals surface area (Å²) in [5, 5.41) is 1.68. The SMILES string of the molecule is Cc1ccc2cccc(S(=O)(=O)NCc3sc(-c4ccccc4)nc3C)c2n1. The predicted octanol–water partition coefficient (Wildman–Crippen LogP) is 4.45. The van der Waals surface area contributed by atoms with Crippen molar-refractivity contribution < 1.29 is 8.42 Å². The first-order valence-electron chi connectivity index (χ1n) is 8.82. The van der Waals surface area contributed by atoms with Gasteiger partial charge in [-0.25, -0.2) is 18.1 Å². The van der Waals surface area contributed by atoms with Gasteiger partial charge in [-0.05, 0) is 26.0 Å². The summed E-state index contributed by atoms with van der Waals surface area (Å²) < 4.78 is 28.6. The molecule has 2 aromatic heterocycles. The largest absolute Gasteiger partial charge is 0.252 e. The summed E-state index contributed by atoms with van der Waals surface area (Å²) in [5.41, 5.74) is 3.12. The van der Waals surface area contributed by atoms with Gasteiger partial charge >= 0.3 is 0 Å². The molecule has 5 nitrogen and oxygen atoms in total. The molecule has 0 amide bonds. The fourth-order valence-electron chi connectivity index (χ4n) is 2.97. The van der Waals surface area contributed by atoms with E-state index in [9.17, 15) is 8.42 Å². The second-order valence-corrected chi connectivity index (χ2v) is 9.32. The number of pyridine rings is 1. The molecular weight excluding hydrogens is 390 g/mol. The molecule has 0 bridgehead atoms. The van der Waals surface area contributed by atoms with Crippen LogP contribution in [0, 0.1) is 13.8 Å². The Balaban J connectivity index is 1.62. The van der Waals surface area contributed by atoms with E-state index < -0.39 is 10.0 Å². The third kappa shape index (κ3) is 3.69. The van der Waals surface area contributed by atoms with Crippen molar-refractivity contribution in [2.45, 2.75) is 25.3 Å². The highest BCUT2D eigenvalue weighted by Crippen LogP contribution is 2.28. The first kappa shape index (κ1) is 18.7. The lowest BCUT2D eigenvalue weighted by Crippen LogP contribution is -2.23. The zero-order chi connectivity index (χ0) is 19.7. The van der Waals surface area contributed by atoms with Crippen LogP contribution in [0.1, 0.15) is 16.3 Å². The molecule has 142 valence electrons. The highest BCUT2D eigenvalue weighted by atomic mass is 32.2. The van der Waals surface area contributed by atoms with Crippen molar-refractivity contribution in [1.29, 1.82) is 0 Å². The molecular formula is C21H19N3O2S2. The van der Waals surface area contributed by atoms with Crippen LogP contribution in [0.25, 0.3) is 21.5 Å². The molecule has 0 atom stereocenters. The topological polar surface area (TPSA) is 72.0 Å². The van der Waals surface area contributed by atoms with E-state index in [4.69, 9.17) is 0 Å². The summed E-state index contributed by atoms with van der Waals surface area (Å²) >= 11 is 1.50. The van der Waals surface area contributed by atoms with Crippen LogP contribution in [0.4, 0.5) is 0 Å². The number of nitrogens with one attached hydrogen (secondary N) is 1. The van der Waals surface area contributed by atoms with Crippen LogP contribution >= 0.6 is 11.3 Å². The molecule has 2 aromatic carbocycles. The Morgan fingerprint density at radius 2 is 1.71 bits per heavy atom. The van der Waals surface area contributed by atoms with Crippen LogP contribution in [-0.2, 0) is 16.6 Å². The van der Waals surface area contributed by atoms with Gasteiger partial charge in [-0.3, -0.25) is 4.98 Å². The van der Waals surface area contributed by atoms with Crippen LogP contribution in [0.2, 0.25) is 0 Å². The van der Waals surface area contributed by atoms with Crippen molar-refractivity contribution in [1.82, 2.24) is 14.7 Å². The molecule has 0 fully saturated rings. The Kier molecular flexibility index (Phi) is 4.97. The maximum Gasteiger partial charge on any atom is 0.243 e. The molecule has 0 saturated heterocycles. The molecule has 4 aromatic rings. The van der Waals surface area contributed by atoms with E-state index in [0.29, 0.717) is 5.52 Å². The van der Waals surface area contributed by atoms with Crippen molar-refractivity contribution in [3.8, 4) is 10.6 Å². The normalized spacial score (nSPS) is 11.8. The molecule has 1 N–H and O–H groups in total.